The van der Waals surface area contributed by atoms with Gasteiger partial charge in [0.1, 0.15) is 0 Å². The van der Waals surface area contributed by atoms with Gasteiger partial charge in [0.2, 0.25) is 0 Å². The highest BCUT2D eigenvalue weighted by molar-refractivity contribution is 5.99. The van der Waals surface area contributed by atoms with E-state index in [9.17, 15) is 4.79 Å². The third-order valence-electron chi connectivity index (χ3n) is 3.88. The Bertz CT molecular complexity index is 497. The summed E-state index contributed by atoms with van der Waals surface area (Å²) in [6.45, 7) is 5.23. The molecule has 3 rings (SSSR count). The summed E-state index contributed by atoms with van der Waals surface area (Å²) in [5, 5.41) is 2.95. The van der Waals surface area contributed by atoms with E-state index in [1.165, 1.54) is 0 Å². The molecule has 0 saturated carbocycles. The first-order valence-corrected chi connectivity index (χ1v) is 7.74. The number of amides is 1. The van der Waals surface area contributed by atoms with E-state index in [1.807, 2.05) is 24.3 Å². The molecule has 0 spiro atoms. The van der Waals surface area contributed by atoms with Crippen molar-refractivity contribution in [1.82, 2.24) is 5.32 Å². The van der Waals surface area contributed by atoms with Crippen molar-refractivity contribution in [2.45, 2.75) is 6.10 Å². The van der Waals surface area contributed by atoms with Gasteiger partial charge >= 0.3 is 0 Å². The molecule has 22 heavy (non-hydrogen) atoms. The van der Waals surface area contributed by atoms with E-state index >= 15 is 0 Å². The average Bonchev–Trinajstić information content (AvgIpc) is 2.61. The molecule has 0 aliphatic carbocycles. The van der Waals surface area contributed by atoms with Gasteiger partial charge in [-0.3, -0.25) is 4.79 Å². The van der Waals surface area contributed by atoms with Crippen molar-refractivity contribution in [1.29, 1.82) is 0 Å². The Morgan fingerprint density at radius 3 is 2.73 bits per heavy atom. The van der Waals surface area contributed by atoms with Crippen molar-refractivity contribution < 1.29 is 19.0 Å². The van der Waals surface area contributed by atoms with E-state index in [-0.39, 0.29) is 12.0 Å². The highest BCUT2D eigenvalue weighted by atomic mass is 16.6. The largest absolute Gasteiger partial charge is 0.378 e. The Morgan fingerprint density at radius 2 is 1.95 bits per heavy atom. The summed E-state index contributed by atoms with van der Waals surface area (Å²) in [6, 6.07) is 7.69. The SMILES string of the molecule is O=C(NC[C@@H]1COCCO1)c1ccccc1N1CCOCC1. The molecular weight excluding hydrogens is 284 g/mol. The Hall–Kier alpha value is -1.63. The number of ether oxygens (including phenoxy) is 3. The minimum atomic E-state index is -0.0729. The molecule has 6 heteroatoms. The molecule has 2 fully saturated rings. The Balaban J connectivity index is 1.63. The van der Waals surface area contributed by atoms with E-state index < -0.39 is 0 Å². The maximum Gasteiger partial charge on any atom is 0.253 e. The average molecular weight is 306 g/mol. The van der Waals surface area contributed by atoms with Crippen LogP contribution in [-0.2, 0) is 14.2 Å². The highest BCUT2D eigenvalue weighted by Crippen LogP contribution is 2.21. The van der Waals surface area contributed by atoms with Crippen LogP contribution in [0.3, 0.4) is 0 Å². The van der Waals surface area contributed by atoms with Crippen LogP contribution in [0.2, 0.25) is 0 Å². The number of nitrogens with one attached hydrogen (secondary N) is 1. The molecule has 1 amide bonds. The van der Waals surface area contributed by atoms with Crippen LogP contribution in [0.1, 0.15) is 10.4 Å². The van der Waals surface area contributed by atoms with Gasteiger partial charge in [-0.15, -0.1) is 0 Å². The van der Waals surface area contributed by atoms with Gasteiger partial charge in [0, 0.05) is 25.3 Å². The van der Waals surface area contributed by atoms with Gasteiger partial charge in [-0.05, 0) is 12.1 Å². The van der Waals surface area contributed by atoms with Crippen molar-refractivity contribution in [3.8, 4) is 0 Å². The number of nitrogens with zero attached hydrogens (tertiary/aromatic N) is 1. The number of para-hydroxylation sites is 1. The summed E-state index contributed by atoms with van der Waals surface area (Å²) in [7, 11) is 0. The third-order valence-corrected chi connectivity index (χ3v) is 3.88. The van der Waals surface area contributed by atoms with Crippen molar-refractivity contribution in [3.05, 3.63) is 29.8 Å². The lowest BCUT2D eigenvalue weighted by Gasteiger charge is -2.30. The van der Waals surface area contributed by atoms with E-state index in [0.29, 0.717) is 45.1 Å². The lowest BCUT2D eigenvalue weighted by atomic mass is 10.1. The zero-order valence-electron chi connectivity index (χ0n) is 12.6. The lowest BCUT2D eigenvalue weighted by molar-refractivity contribution is -0.0855. The van der Waals surface area contributed by atoms with Gasteiger partial charge in [-0.1, -0.05) is 12.1 Å². The van der Waals surface area contributed by atoms with Crippen LogP contribution in [0.25, 0.3) is 0 Å². The molecule has 0 radical (unpaired) electrons. The molecule has 2 heterocycles. The number of benzene rings is 1. The first kappa shape index (κ1) is 15.3. The van der Waals surface area contributed by atoms with Gasteiger partial charge in [0.25, 0.3) is 5.91 Å². The normalized spacial score (nSPS) is 22.4. The number of morpholine rings is 1. The molecule has 2 saturated heterocycles. The van der Waals surface area contributed by atoms with E-state index in [0.717, 1.165) is 18.8 Å². The number of hydrogen-bond donors (Lipinski definition) is 1. The topological polar surface area (TPSA) is 60.0 Å². The predicted octanol–water partition coefficient (Wildman–Crippen LogP) is 0.668. The Labute approximate surface area is 130 Å². The van der Waals surface area contributed by atoms with Crippen LogP contribution in [0, 0.1) is 0 Å². The van der Waals surface area contributed by atoms with Crippen LogP contribution >= 0.6 is 0 Å². The van der Waals surface area contributed by atoms with Crippen LogP contribution in [-0.4, -0.2) is 64.7 Å². The molecule has 1 aromatic rings. The predicted molar refractivity (Wildman–Crippen MR) is 82.4 cm³/mol. The van der Waals surface area contributed by atoms with Crippen molar-refractivity contribution in [2.75, 3.05) is 57.6 Å². The van der Waals surface area contributed by atoms with Crippen molar-refractivity contribution in [2.24, 2.45) is 0 Å². The molecule has 2 aliphatic heterocycles. The van der Waals surface area contributed by atoms with E-state index in [4.69, 9.17) is 14.2 Å². The molecule has 1 atom stereocenters. The maximum atomic E-state index is 12.5. The minimum absolute atomic E-state index is 0.0618. The second kappa shape index (κ2) is 7.58. The summed E-state index contributed by atoms with van der Waals surface area (Å²) < 4.78 is 16.3. The van der Waals surface area contributed by atoms with Crippen molar-refractivity contribution >= 4 is 11.6 Å². The Kier molecular flexibility index (Phi) is 5.26. The first-order valence-electron chi connectivity index (χ1n) is 7.74. The first-order chi connectivity index (χ1) is 10.8. The van der Waals surface area contributed by atoms with Crippen LogP contribution in [0.4, 0.5) is 5.69 Å². The fourth-order valence-corrected chi connectivity index (χ4v) is 2.70. The molecule has 1 N–H and O–H groups in total. The second-order valence-corrected chi connectivity index (χ2v) is 5.39. The molecule has 0 aromatic heterocycles. The summed E-state index contributed by atoms with van der Waals surface area (Å²) in [6.07, 6.45) is -0.0618. The number of carbonyl (C=O) groups is 1. The van der Waals surface area contributed by atoms with Crippen LogP contribution in [0.15, 0.2) is 24.3 Å². The molecular formula is C16H22N2O4. The molecule has 0 bridgehead atoms. The molecule has 120 valence electrons. The molecule has 1 aromatic carbocycles. The molecule has 0 unspecified atom stereocenters. The smallest absolute Gasteiger partial charge is 0.253 e. The summed E-state index contributed by atoms with van der Waals surface area (Å²) in [4.78, 5) is 14.7. The van der Waals surface area contributed by atoms with Gasteiger partial charge in [-0.25, -0.2) is 0 Å². The monoisotopic (exact) mass is 306 g/mol. The minimum Gasteiger partial charge on any atom is -0.378 e. The van der Waals surface area contributed by atoms with Crippen LogP contribution in [0.5, 0.6) is 0 Å². The quantitative estimate of drug-likeness (QED) is 0.886. The number of anilines is 1. The van der Waals surface area contributed by atoms with E-state index in [2.05, 4.69) is 10.2 Å². The standard InChI is InChI=1S/C16H22N2O4/c19-16(17-11-13-12-21-9-10-22-13)14-3-1-2-4-15(14)18-5-7-20-8-6-18/h1-4,13H,5-12H2,(H,17,19)/t13-/m1/s1. The maximum absolute atomic E-state index is 12.5. The third kappa shape index (κ3) is 3.76. The summed E-state index contributed by atoms with van der Waals surface area (Å²) in [5.74, 6) is -0.0729. The van der Waals surface area contributed by atoms with Gasteiger partial charge in [-0.2, -0.15) is 0 Å². The zero-order chi connectivity index (χ0) is 15.2. The number of rotatable bonds is 4. The fourth-order valence-electron chi connectivity index (χ4n) is 2.70. The van der Waals surface area contributed by atoms with Gasteiger partial charge < -0.3 is 24.4 Å². The van der Waals surface area contributed by atoms with Crippen molar-refractivity contribution in [3.63, 3.8) is 0 Å². The molecule has 6 nitrogen and oxygen atoms in total. The lowest BCUT2D eigenvalue weighted by Crippen LogP contribution is -2.41. The number of carbonyl (C=O) groups excluding carboxylic acids is 1. The Morgan fingerprint density at radius 1 is 1.14 bits per heavy atom. The summed E-state index contributed by atoms with van der Waals surface area (Å²) in [5.41, 5.74) is 1.66. The fraction of sp³-hybridized carbons (Fsp3) is 0.562. The molecule has 2 aliphatic rings. The number of hydrogen-bond acceptors (Lipinski definition) is 5. The highest BCUT2D eigenvalue weighted by Gasteiger charge is 2.20. The van der Waals surface area contributed by atoms with E-state index in [1.54, 1.807) is 0 Å². The second-order valence-electron chi connectivity index (χ2n) is 5.39. The van der Waals surface area contributed by atoms with Gasteiger partial charge in [0.05, 0.1) is 44.7 Å². The van der Waals surface area contributed by atoms with Crippen LogP contribution < -0.4 is 10.2 Å². The zero-order valence-corrected chi connectivity index (χ0v) is 12.6. The summed E-state index contributed by atoms with van der Waals surface area (Å²) >= 11 is 0. The van der Waals surface area contributed by atoms with Gasteiger partial charge in [0.15, 0.2) is 0 Å².